The summed E-state index contributed by atoms with van der Waals surface area (Å²) in [5.41, 5.74) is 6.21. The van der Waals surface area contributed by atoms with Crippen LogP contribution in [-0.4, -0.2) is 58.9 Å². The lowest BCUT2D eigenvalue weighted by molar-refractivity contribution is -0.145. The van der Waals surface area contributed by atoms with Crippen LogP contribution in [-0.2, 0) is 46.8 Å². The van der Waals surface area contributed by atoms with Gasteiger partial charge in [-0.05, 0) is 90.9 Å². The highest BCUT2D eigenvalue weighted by Crippen LogP contribution is 2.31. The first kappa shape index (κ1) is 35.3. The van der Waals surface area contributed by atoms with Crippen molar-refractivity contribution in [1.82, 2.24) is 20.9 Å². The standard InChI is InChI=1S/C41H44N4O6/c1-26(42-2)38(46)44-36(22-27-16-20-33(21-17-27)51-25-28-14-18-30(19-15-28)41(49)50)40(48)45-24-32-10-4-3-9-31(32)23-37(45)39(47)43-35-13-7-11-29-8-5-6-12-34(29)35/h3-6,8-10,12,14-21,26,35-37,42H,7,11,13,22-25H2,1-2H3,(H,43,47)(H,44,46)(H,49,50). The molecule has 1 aliphatic carbocycles. The summed E-state index contributed by atoms with van der Waals surface area (Å²) < 4.78 is 5.92. The summed E-state index contributed by atoms with van der Waals surface area (Å²) >= 11 is 0. The highest BCUT2D eigenvalue weighted by atomic mass is 16.5. The van der Waals surface area contributed by atoms with E-state index < -0.39 is 24.1 Å². The van der Waals surface area contributed by atoms with Crippen LogP contribution in [0, 0.1) is 0 Å². The zero-order chi connectivity index (χ0) is 35.9. The second-order valence-corrected chi connectivity index (χ2v) is 13.3. The van der Waals surface area contributed by atoms with E-state index in [0.717, 1.165) is 47.1 Å². The highest BCUT2D eigenvalue weighted by Gasteiger charge is 2.39. The molecule has 4 aromatic rings. The zero-order valence-electron chi connectivity index (χ0n) is 28.9. The molecule has 51 heavy (non-hydrogen) atoms. The Bertz CT molecular complexity index is 1880. The Labute approximate surface area is 298 Å². The summed E-state index contributed by atoms with van der Waals surface area (Å²) in [5, 5.41) is 18.3. The van der Waals surface area contributed by atoms with Gasteiger partial charge in [0.25, 0.3) is 0 Å². The Morgan fingerprint density at radius 3 is 2.24 bits per heavy atom. The lowest BCUT2D eigenvalue weighted by Crippen LogP contribution is -2.59. The number of amides is 3. The Morgan fingerprint density at radius 2 is 1.53 bits per heavy atom. The van der Waals surface area contributed by atoms with Crippen molar-refractivity contribution in [1.29, 1.82) is 0 Å². The van der Waals surface area contributed by atoms with Gasteiger partial charge in [0.15, 0.2) is 0 Å². The Balaban J connectivity index is 1.21. The maximum atomic E-state index is 14.6. The minimum atomic E-state index is -0.985. The molecule has 1 heterocycles. The number of nitrogens with zero attached hydrogens (tertiary/aromatic N) is 1. The smallest absolute Gasteiger partial charge is 0.335 e. The van der Waals surface area contributed by atoms with Crippen LogP contribution in [0.15, 0.2) is 97.1 Å². The summed E-state index contributed by atoms with van der Waals surface area (Å²) in [6, 6.07) is 27.5. The van der Waals surface area contributed by atoms with Gasteiger partial charge in [0.2, 0.25) is 17.7 Å². The number of fused-ring (bicyclic) bond motifs is 2. The van der Waals surface area contributed by atoms with E-state index in [1.165, 1.54) is 17.7 Å². The molecule has 6 rings (SSSR count). The molecule has 0 saturated heterocycles. The number of carboxylic acids is 1. The molecule has 10 nitrogen and oxygen atoms in total. The third-order valence-corrected chi connectivity index (χ3v) is 9.93. The lowest BCUT2D eigenvalue weighted by atomic mass is 9.87. The molecule has 0 aromatic heterocycles. The van der Waals surface area contributed by atoms with Crippen molar-refractivity contribution in [3.05, 3.63) is 136 Å². The number of ether oxygens (including phenoxy) is 1. The van der Waals surface area contributed by atoms with E-state index >= 15 is 0 Å². The first-order valence-corrected chi connectivity index (χ1v) is 17.5. The molecule has 0 radical (unpaired) electrons. The van der Waals surface area contributed by atoms with Gasteiger partial charge in [-0.3, -0.25) is 14.4 Å². The average molecular weight is 689 g/mol. The fourth-order valence-electron chi connectivity index (χ4n) is 6.86. The van der Waals surface area contributed by atoms with Gasteiger partial charge in [-0.15, -0.1) is 0 Å². The van der Waals surface area contributed by atoms with Crippen LogP contribution in [0.1, 0.15) is 69.5 Å². The molecular formula is C41H44N4O6. The molecule has 264 valence electrons. The van der Waals surface area contributed by atoms with E-state index in [2.05, 4.69) is 28.1 Å². The molecule has 0 bridgehead atoms. The SMILES string of the molecule is CNC(C)C(=O)NC(Cc1ccc(OCc2ccc(C(=O)O)cc2)cc1)C(=O)N1Cc2ccccc2CC1C(=O)NC1CCCc2ccccc21. The third kappa shape index (κ3) is 8.46. The normalized spacial score (nSPS) is 17.6. The first-order chi connectivity index (χ1) is 24.7. The molecule has 4 atom stereocenters. The maximum Gasteiger partial charge on any atom is 0.335 e. The van der Waals surface area contributed by atoms with Crippen LogP contribution in [0.3, 0.4) is 0 Å². The van der Waals surface area contributed by atoms with Crippen molar-refractivity contribution >= 4 is 23.7 Å². The number of aromatic carboxylic acids is 1. The van der Waals surface area contributed by atoms with Crippen LogP contribution in [0.5, 0.6) is 5.75 Å². The second kappa shape index (κ2) is 16.0. The summed E-state index contributed by atoms with van der Waals surface area (Å²) in [4.78, 5) is 54.8. The molecular weight excluding hydrogens is 644 g/mol. The number of hydrogen-bond donors (Lipinski definition) is 4. The number of nitrogens with one attached hydrogen (secondary N) is 3. The van der Waals surface area contributed by atoms with Crippen molar-refractivity contribution < 1.29 is 29.0 Å². The molecule has 3 amide bonds. The van der Waals surface area contributed by atoms with Crippen molar-refractivity contribution in [3.63, 3.8) is 0 Å². The van der Waals surface area contributed by atoms with E-state index in [9.17, 15) is 19.2 Å². The Kier molecular flexibility index (Phi) is 11.1. The van der Waals surface area contributed by atoms with Gasteiger partial charge in [0.1, 0.15) is 24.4 Å². The third-order valence-electron chi connectivity index (χ3n) is 9.93. The largest absolute Gasteiger partial charge is 0.489 e. The van der Waals surface area contributed by atoms with Gasteiger partial charge in [0, 0.05) is 19.4 Å². The predicted molar refractivity (Wildman–Crippen MR) is 193 cm³/mol. The summed E-state index contributed by atoms with van der Waals surface area (Å²) in [6.07, 6.45) is 3.37. The van der Waals surface area contributed by atoms with E-state index in [4.69, 9.17) is 9.84 Å². The monoisotopic (exact) mass is 688 g/mol. The molecule has 10 heteroatoms. The lowest BCUT2D eigenvalue weighted by Gasteiger charge is -2.39. The number of benzene rings is 4. The van der Waals surface area contributed by atoms with E-state index in [1.54, 1.807) is 43.1 Å². The molecule has 1 aliphatic heterocycles. The maximum absolute atomic E-state index is 14.6. The number of carboxylic acid groups (broad SMARTS) is 1. The molecule has 4 unspecified atom stereocenters. The fraction of sp³-hybridized carbons (Fsp3) is 0.317. The van der Waals surface area contributed by atoms with Crippen molar-refractivity contribution in [3.8, 4) is 5.75 Å². The molecule has 4 N–H and O–H groups in total. The summed E-state index contributed by atoms with van der Waals surface area (Å²) in [7, 11) is 1.69. The van der Waals surface area contributed by atoms with Crippen molar-refractivity contribution in [2.75, 3.05) is 7.05 Å². The molecule has 0 spiro atoms. The van der Waals surface area contributed by atoms with Gasteiger partial charge in [-0.2, -0.15) is 0 Å². The number of carbonyl (C=O) groups is 4. The van der Waals surface area contributed by atoms with Crippen LogP contribution >= 0.6 is 0 Å². The Morgan fingerprint density at radius 1 is 0.863 bits per heavy atom. The number of aryl methyl sites for hydroxylation is 1. The van der Waals surface area contributed by atoms with Crippen molar-refractivity contribution in [2.45, 2.75) is 76.3 Å². The van der Waals surface area contributed by atoms with Gasteiger partial charge in [-0.25, -0.2) is 4.79 Å². The number of likely N-dealkylation sites (N-methyl/N-ethyl adjacent to an activating group) is 1. The fourth-order valence-corrected chi connectivity index (χ4v) is 6.86. The second-order valence-electron chi connectivity index (χ2n) is 13.3. The number of hydrogen-bond acceptors (Lipinski definition) is 6. The molecule has 0 fully saturated rings. The van der Waals surface area contributed by atoms with Gasteiger partial charge >= 0.3 is 5.97 Å². The van der Waals surface area contributed by atoms with Crippen molar-refractivity contribution in [2.24, 2.45) is 0 Å². The molecule has 0 saturated carbocycles. The van der Waals surface area contributed by atoms with Crippen LogP contribution in [0.25, 0.3) is 0 Å². The number of carbonyl (C=O) groups excluding carboxylic acids is 3. The van der Waals surface area contributed by atoms with Crippen LogP contribution in [0.2, 0.25) is 0 Å². The number of rotatable bonds is 12. The predicted octanol–water partition coefficient (Wildman–Crippen LogP) is 4.75. The van der Waals surface area contributed by atoms with E-state index in [0.29, 0.717) is 12.2 Å². The van der Waals surface area contributed by atoms with Crippen LogP contribution in [0.4, 0.5) is 0 Å². The van der Waals surface area contributed by atoms with Gasteiger partial charge in [0.05, 0.1) is 17.6 Å². The average Bonchev–Trinajstić information content (AvgIpc) is 3.16. The van der Waals surface area contributed by atoms with Crippen LogP contribution < -0.4 is 20.7 Å². The minimum absolute atomic E-state index is 0.131. The summed E-state index contributed by atoms with van der Waals surface area (Å²) in [6.45, 7) is 2.24. The van der Waals surface area contributed by atoms with Gasteiger partial charge < -0.3 is 30.7 Å². The first-order valence-electron chi connectivity index (χ1n) is 17.5. The summed E-state index contributed by atoms with van der Waals surface area (Å²) in [5.74, 6) is -1.23. The highest BCUT2D eigenvalue weighted by molar-refractivity contribution is 5.94. The Hall–Kier alpha value is -5.48. The molecule has 2 aliphatic rings. The van der Waals surface area contributed by atoms with Gasteiger partial charge in [-0.1, -0.05) is 72.8 Å². The van der Waals surface area contributed by atoms with E-state index in [-0.39, 0.29) is 48.9 Å². The zero-order valence-corrected chi connectivity index (χ0v) is 28.9. The minimum Gasteiger partial charge on any atom is -0.489 e. The molecule has 4 aromatic carbocycles. The topological polar surface area (TPSA) is 137 Å². The quantitative estimate of drug-likeness (QED) is 0.169. The van der Waals surface area contributed by atoms with E-state index in [1.807, 2.05) is 48.5 Å².